The minimum atomic E-state index is -0.184. The minimum Gasteiger partial charge on any atom is -0.349 e. The Kier molecular flexibility index (Phi) is 19.9. The molecule has 0 saturated carbocycles. The number of hydrogen-bond acceptors (Lipinski definition) is 2. The van der Waals surface area contributed by atoms with Crippen molar-refractivity contribution in [2.24, 2.45) is 0 Å². The lowest BCUT2D eigenvalue weighted by Gasteiger charge is -2.02. The first-order chi connectivity index (χ1) is 10.4. The van der Waals surface area contributed by atoms with Crippen molar-refractivity contribution < 1.29 is 9.59 Å². The smallest absolute Gasteiger partial charge is 0.221 e. The van der Waals surface area contributed by atoms with Crippen LogP contribution in [-0.4, -0.2) is 30.1 Å². The topological polar surface area (TPSA) is 37.4 Å². The molecule has 0 heterocycles. The van der Waals surface area contributed by atoms with Gasteiger partial charge in [-0.25, -0.2) is 0 Å². The number of nitrogens with zero attached hydrogens (tertiary/aromatic N) is 1. The van der Waals surface area contributed by atoms with E-state index in [0.29, 0.717) is 6.42 Å². The molecule has 0 aromatic carbocycles. The fourth-order valence-corrected chi connectivity index (χ4v) is 2.06. The summed E-state index contributed by atoms with van der Waals surface area (Å²) in [5, 5.41) is -0.184. The van der Waals surface area contributed by atoms with Gasteiger partial charge in [0.05, 0.1) is 0 Å². The molecule has 22 heavy (non-hydrogen) atoms. The molecule has 132 valence electrons. The summed E-state index contributed by atoms with van der Waals surface area (Å²) in [7, 11) is 3.45. The largest absolute Gasteiger partial charge is 0.349 e. The molecule has 1 amide bonds. The number of unbranched alkanes of at least 4 members (excludes halogenated alkanes) is 10. The Labute approximate surface area is 142 Å². The van der Waals surface area contributed by atoms with E-state index in [4.69, 9.17) is 11.6 Å². The lowest BCUT2D eigenvalue weighted by molar-refractivity contribution is -0.126. The van der Waals surface area contributed by atoms with Gasteiger partial charge in [0.25, 0.3) is 0 Å². The quantitative estimate of drug-likeness (QED) is 0.347. The van der Waals surface area contributed by atoms with Crippen LogP contribution >= 0.6 is 11.6 Å². The molecular weight excluding hydrogens is 298 g/mol. The standard InChI is InChI=1S/C14H27ClO.C4H9NO/c1-2-3-4-5-6-7-8-9-10-11-12-13-14(15)16;1-4(6)5(2)3/h2-13H2,1H3;1-3H3. The van der Waals surface area contributed by atoms with Gasteiger partial charge in [0.2, 0.25) is 11.1 Å². The Balaban J connectivity index is 0. The molecule has 0 bridgehead atoms. The van der Waals surface area contributed by atoms with Crippen molar-refractivity contribution in [3.63, 3.8) is 0 Å². The second-order valence-corrected chi connectivity index (χ2v) is 6.48. The third-order valence-electron chi connectivity index (χ3n) is 3.61. The third-order valence-corrected chi connectivity index (χ3v) is 3.80. The minimum absolute atomic E-state index is 0.0926. The van der Waals surface area contributed by atoms with Gasteiger partial charge in [-0.2, -0.15) is 0 Å². The van der Waals surface area contributed by atoms with Gasteiger partial charge >= 0.3 is 0 Å². The number of rotatable bonds is 12. The van der Waals surface area contributed by atoms with Gasteiger partial charge in [0.15, 0.2) is 0 Å². The van der Waals surface area contributed by atoms with Crippen LogP contribution in [0.15, 0.2) is 0 Å². The molecule has 3 nitrogen and oxygen atoms in total. The summed E-state index contributed by atoms with van der Waals surface area (Å²) in [5.74, 6) is 0.0926. The van der Waals surface area contributed by atoms with Crippen LogP contribution in [0, 0.1) is 0 Å². The van der Waals surface area contributed by atoms with E-state index < -0.39 is 0 Å². The second-order valence-electron chi connectivity index (χ2n) is 6.05. The summed E-state index contributed by atoms with van der Waals surface area (Å²) in [6.07, 6.45) is 15.0. The van der Waals surface area contributed by atoms with Gasteiger partial charge in [0, 0.05) is 27.4 Å². The van der Waals surface area contributed by atoms with Gasteiger partial charge < -0.3 is 4.90 Å². The average molecular weight is 334 g/mol. The molecule has 0 fully saturated rings. The Morgan fingerprint density at radius 2 is 1.09 bits per heavy atom. The first kappa shape index (κ1) is 23.7. The van der Waals surface area contributed by atoms with Crippen molar-refractivity contribution in [2.45, 2.75) is 90.9 Å². The Hall–Kier alpha value is -0.570. The van der Waals surface area contributed by atoms with Crippen molar-refractivity contribution in [1.29, 1.82) is 0 Å². The molecule has 0 radical (unpaired) electrons. The molecule has 0 atom stereocenters. The number of carbonyl (C=O) groups is 2. The molecule has 0 spiro atoms. The van der Waals surface area contributed by atoms with Crippen molar-refractivity contribution in [2.75, 3.05) is 14.1 Å². The first-order valence-electron chi connectivity index (χ1n) is 8.78. The number of carbonyl (C=O) groups excluding carboxylic acids is 2. The van der Waals surface area contributed by atoms with E-state index in [1.165, 1.54) is 69.6 Å². The highest BCUT2D eigenvalue weighted by Crippen LogP contribution is 2.12. The second kappa shape index (κ2) is 18.5. The Bertz CT molecular complexity index is 268. The van der Waals surface area contributed by atoms with Crippen molar-refractivity contribution in [3.05, 3.63) is 0 Å². The van der Waals surface area contributed by atoms with Crippen LogP contribution in [0.4, 0.5) is 0 Å². The highest BCUT2D eigenvalue weighted by molar-refractivity contribution is 6.63. The third kappa shape index (κ3) is 24.4. The maximum Gasteiger partial charge on any atom is 0.221 e. The van der Waals surface area contributed by atoms with Crippen LogP contribution in [0.5, 0.6) is 0 Å². The lowest BCUT2D eigenvalue weighted by atomic mass is 10.1. The fourth-order valence-electron chi connectivity index (χ4n) is 1.93. The monoisotopic (exact) mass is 333 g/mol. The van der Waals surface area contributed by atoms with Gasteiger partial charge in [-0.15, -0.1) is 0 Å². The van der Waals surface area contributed by atoms with Gasteiger partial charge in [-0.1, -0.05) is 71.1 Å². The predicted octanol–water partition coefficient (Wildman–Crippen LogP) is 5.55. The molecule has 0 rings (SSSR count). The summed E-state index contributed by atoms with van der Waals surface area (Å²) < 4.78 is 0. The van der Waals surface area contributed by atoms with Crippen molar-refractivity contribution in [3.8, 4) is 0 Å². The lowest BCUT2D eigenvalue weighted by Crippen LogP contribution is -2.17. The van der Waals surface area contributed by atoms with E-state index in [0.717, 1.165) is 12.8 Å². The Morgan fingerprint density at radius 1 is 0.773 bits per heavy atom. The summed E-state index contributed by atoms with van der Waals surface area (Å²) in [6.45, 7) is 3.78. The highest BCUT2D eigenvalue weighted by Gasteiger charge is 1.96. The fraction of sp³-hybridized carbons (Fsp3) is 0.889. The number of amides is 1. The van der Waals surface area contributed by atoms with Crippen LogP contribution < -0.4 is 0 Å². The molecule has 0 N–H and O–H groups in total. The van der Waals surface area contributed by atoms with E-state index in [1.54, 1.807) is 14.1 Å². The van der Waals surface area contributed by atoms with Gasteiger partial charge in [-0.05, 0) is 18.0 Å². The maximum atomic E-state index is 10.5. The molecular formula is C18H36ClNO2. The molecule has 0 saturated heterocycles. The molecule has 0 aliphatic carbocycles. The zero-order valence-electron chi connectivity index (χ0n) is 15.1. The van der Waals surface area contributed by atoms with Crippen LogP contribution in [-0.2, 0) is 9.59 Å². The predicted molar refractivity (Wildman–Crippen MR) is 96.3 cm³/mol. The van der Waals surface area contributed by atoms with E-state index in [1.807, 2.05) is 0 Å². The zero-order chi connectivity index (χ0) is 17.2. The van der Waals surface area contributed by atoms with E-state index in [2.05, 4.69) is 6.92 Å². The van der Waals surface area contributed by atoms with E-state index in [9.17, 15) is 9.59 Å². The van der Waals surface area contributed by atoms with Crippen LogP contribution in [0.25, 0.3) is 0 Å². The summed E-state index contributed by atoms with van der Waals surface area (Å²) >= 11 is 5.26. The first-order valence-corrected chi connectivity index (χ1v) is 9.15. The van der Waals surface area contributed by atoms with Crippen molar-refractivity contribution >= 4 is 22.8 Å². The summed E-state index contributed by atoms with van der Waals surface area (Å²) in [5.41, 5.74) is 0. The van der Waals surface area contributed by atoms with E-state index >= 15 is 0 Å². The average Bonchev–Trinajstić information content (AvgIpc) is 2.45. The van der Waals surface area contributed by atoms with Gasteiger partial charge in [0.1, 0.15) is 0 Å². The highest BCUT2D eigenvalue weighted by atomic mass is 35.5. The van der Waals surface area contributed by atoms with Crippen LogP contribution in [0.2, 0.25) is 0 Å². The SMILES string of the molecule is CC(=O)N(C)C.CCCCCCCCCCCCCC(=O)Cl. The molecule has 0 aliphatic rings. The summed E-state index contributed by atoms with van der Waals surface area (Å²) in [4.78, 5) is 22.1. The number of halogens is 1. The van der Waals surface area contributed by atoms with Crippen LogP contribution in [0.1, 0.15) is 90.9 Å². The normalized spacial score (nSPS) is 9.86. The van der Waals surface area contributed by atoms with E-state index in [-0.39, 0.29) is 11.1 Å². The van der Waals surface area contributed by atoms with Crippen LogP contribution in [0.3, 0.4) is 0 Å². The van der Waals surface area contributed by atoms with Gasteiger partial charge in [-0.3, -0.25) is 9.59 Å². The zero-order valence-corrected chi connectivity index (χ0v) is 15.9. The molecule has 4 heteroatoms. The molecule has 0 aliphatic heterocycles. The molecule has 0 aromatic heterocycles. The maximum absolute atomic E-state index is 10.5. The number of hydrogen-bond donors (Lipinski definition) is 0. The Morgan fingerprint density at radius 3 is 1.36 bits per heavy atom. The molecule has 0 aromatic rings. The molecule has 0 unspecified atom stereocenters. The van der Waals surface area contributed by atoms with Crippen molar-refractivity contribution in [1.82, 2.24) is 4.90 Å². The summed E-state index contributed by atoms with van der Waals surface area (Å²) in [6, 6.07) is 0.